The number of hydrogen-bond acceptors (Lipinski definition) is 4. The fraction of sp³-hybridized carbons (Fsp3) is 0.500. The number of rotatable bonds is 2. The fourth-order valence-corrected chi connectivity index (χ4v) is 2.60. The van der Waals surface area contributed by atoms with Gasteiger partial charge in [-0.1, -0.05) is 0 Å². The first-order valence-electron chi connectivity index (χ1n) is 5.90. The minimum atomic E-state index is -0.168. The summed E-state index contributed by atoms with van der Waals surface area (Å²) in [5.74, 6) is -0.168. The van der Waals surface area contributed by atoms with Crippen LogP contribution in [0, 0.1) is 0 Å². The molecule has 90 valence electrons. The van der Waals surface area contributed by atoms with E-state index in [4.69, 9.17) is 10.5 Å². The number of nitrogen functional groups attached to an aromatic ring is 1. The number of hydrogen-bond donors (Lipinski definition) is 2. The molecule has 3 N–H and O–H groups in total. The van der Waals surface area contributed by atoms with Crippen molar-refractivity contribution < 1.29 is 9.53 Å². The molecule has 1 aromatic heterocycles. The summed E-state index contributed by atoms with van der Waals surface area (Å²) >= 11 is 0. The van der Waals surface area contributed by atoms with Crippen LogP contribution < -0.4 is 11.1 Å². The van der Waals surface area contributed by atoms with Crippen LogP contribution in [0.1, 0.15) is 29.8 Å². The van der Waals surface area contributed by atoms with Gasteiger partial charge in [-0.25, -0.2) is 0 Å². The van der Waals surface area contributed by atoms with Gasteiger partial charge in [0.05, 0.1) is 18.2 Å². The summed E-state index contributed by atoms with van der Waals surface area (Å²) < 4.78 is 5.69. The van der Waals surface area contributed by atoms with Gasteiger partial charge in [0.2, 0.25) is 0 Å². The van der Waals surface area contributed by atoms with Crippen molar-refractivity contribution in [1.82, 2.24) is 10.3 Å². The number of fused-ring (bicyclic) bond motifs is 2. The van der Waals surface area contributed by atoms with Crippen molar-refractivity contribution >= 4 is 11.6 Å². The lowest BCUT2D eigenvalue weighted by molar-refractivity contribution is 0.0837. The van der Waals surface area contributed by atoms with Crippen LogP contribution in [-0.2, 0) is 4.74 Å². The Hall–Kier alpha value is -1.62. The summed E-state index contributed by atoms with van der Waals surface area (Å²) in [6.45, 7) is 0. The predicted molar refractivity (Wildman–Crippen MR) is 62.4 cm³/mol. The summed E-state index contributed by atoms with van der Waals surface area (Å²) in [5.41, 5.74) is 6.54. The maximum Gasteiger partial charge on any atom is 0.270 e. The third-order valence-electron chi connectivity index (χ3n) is 3.44. The fourth-order valence-electron chi connectivity index (χ4n) is 2.60. The summed E-state index contributed by atoms with van der Waals surface area (Å²) in [5, 5.41) is 2.97. The SMILES string of the molecule is Nc1ccnc(C(=O)NC2CC3CCC2O3)c1. The minimum Gasteiger partial charge on any atom is -0.399 e. The molecule has 2 aliphatic heterocycles. The van der Waals surface area contributed by atoms with Crippen LogP contribution in [0.2, 0.25) is 0 Å². The first-order chi connectivity index (χ1) is 8.22. The quantitative estimate of drug-likeness (QED) is 0.788. The van der Waals surface area contributed by atoms with Crippen molar-refractivity contribution in [3.8, 4) is 0 Å². The van der Waals surface area contributed by atoms with Crippen molar-refractivity contribution in [2.24, 2.45) is 0 Å². The Morgan fingerprint density at radius 3 is 3.06 bits per heavy atom. The van der Waals surface area contributed by atoms with Gasteiger partial charge in [-0.05, 0) is 31.4 Å². The van der Waals surface area contributed by atoms with E-state index in [2.05, 4.69) is 10.3 Å². The van der Waals surface area contributed by atoms with Gasteiger partial charge in [0.1, 0.15) is 5.69 Å². The first kappa shape index (κ1) is 10.5. The molecule has 3 unspecified atom stereocenters. The van der Waals surface area contributed by atoms with E-state index >= 15 is 0 Å². The molecule has 2 bridgehead atoms. The predicted octanol–water partition coefficient (Wildman–Crippen LogP) is 0.713. The van der Waals surface area contributed by atoms with Gasteiger partial charge in [-0.2, -0.15) is 0 Å². The lowest BCUT2D eigenvalue weighted by Gasteiger charge is -2.19. The Morgan fingerprint density at radius 1 is 1.53 bits per heavy atom. The molecule has 0 aromatic carbocycles. The van der Waals surface area contributed by atoms with Gasteiger partial charge in [0.15, 0.2) is 0 Å². The van der Waals surface area contributed by atoms with E-state index in [1.165, 1.54) is 0 Å². The van der Waals surface area contributed by atoms with Crippen LogP contribution in [0.4, 0.5) is 5.69 Å². The largest absolute Gasteiger partial charge is 0.399 e. The Morgan fingerprint density at radius 2 is 2.41 bits per heavy atom. The van der Waals surface area contributed by atoms with E-state index in [9.17, 15) is 4.79 Å². The zero-order valence-electron chi connectivity index (χ0n) is 9.43. The van der Waals surface area contributed by atoms with Gasteiger partial charge >= 0.3 is 0 Å². The minimum absolute atomic E-state index is 0.129. The first-order valence-corrected chi connectivity index (χ1v) is 5.90. The number of nitrogens with two attached hydrogens (primary N) is 1. The van der Waals surface area contributed by atoms with Crippen LogP contribution in [-0.4, -0.2) is 29.1 Å². The second-order valence-electron chi connectivity index (χ2n) is 4.66. The number of amides is 1. The van der Waals surface area contributed by atoms with E-state index in [1.54, 1.807) is 18.3 Å². The molecular formula is C12H15N3O2. The molecule has 2 saturated heterocycles. The summed E-state index contributed by atoms with van der Waals surface area (Å²) in [6, 6.07) is 3.38. The van der Waals surface area contributed by atoms with E-state index < -0.39 is 0 Å². The highest BCUT2D eigenvalue weighted by atomic mass is 16.5. The molecule has 0 aliphatic carbocycles. The lowest BCUT2D eigenvalue weighted by atomic mass is 9.95. The number of nitrogens with zero attached hydrogens (tertiary/aromatic N) is 1. The molecule has 3 rings (SSSR count). The van der Waals surface area contributed by atoms with E-state index in [0.29, 0.717) is 17.5 Å². The molecule has 0 spiro atoms. The molecule has 3 atom stereocenters. The normalized spacial score (nSPS) is 30.5. The highest BCUT2D eigenvalue weighted by Gasteiger charge is 2.41. The Kier molecular flexibility index (Phi) is 2.48. The smallest absolute Gasteiger partial charge is 0.270 e. The van der Waals surface area contributed by atoms with Crippen LogP contribution in [0.3, 0.4) is 0 Å². The second kappa shape index (κ2) is 4.00. The molecule has 5 heteroatoms. The Balaban J connectivity index is 1.68. The third-order valence-corrected chi connectivity index (χ3v) is 3.44. The molecule has 5 nitrogen and oxygen atoms in total. The van der Waals surface area contributed by atoms with Crippen LogP contribution in [0.25, 0.3) is 0 Å². The van der Waals surface area contributed by atoms with Gasteiger partial charge < -0.3 is 15.8 Å². The molecule has 1 aromatic rings. The zero-order valence-corrected chi connectivity index (χ0v) is 9.43. The summed E-state index contributed by atoms with van der Waals surface area (Å²) in [7, 11) is 0. The average Bonchev–Trinajstić information content (AvgIpc) is 2.91. The maximum absolute atomic E-state index is 11.9. The van der Waals surface area contributed by atoms with Gasteiger partial charge in [-0.3, -0.25) is 9.78 Å². The Bertz CT molecular complexity index is 449. The van der Waals surface area contributed by atoms with Crippen molar-refractivity contribution in [3.05, 3.63) is 24.0 Å². The lowest BCUT2D eigenvalue weighted by Crippen LogP contribution is -2.41. The summed E-state index contributed by atoms with van der Waals surface area (Å²) in [6.07, 6.45) is 5.14. The number of nitrogens with one attached hydrogen (secondary N) is 1. The number of ether oxygens (including phenoxy) is 1. The molecule has 0 saturated carbocycles. The van der Waals surface area contributed by atoms with Gasteiger partial charge in [0.25, 0.3) is 5.91 Å². The number of pyridine rings is 1. The summed E-state index contributed by atoms with van der Waals surface area (Å²) in [4.78, 5) is 16.0. The molecule has 1 amide bonds. The molecule has 0 radical (unpaired) electrons. The topological polar surface area (TPSA) is 77.2 Å². The molecule has 2 aliphatic rings. The van der Waals surface area contributed by atoms with Crippen molar-refractivity contribution in [1.29, 1.82) is 0 Å². The van der Waals surface area contributed by atoms with Crippen molar-refractivity contribution in [3.63, 3.8) is 0 Å². The average molecular weight is 233 g/mol. The number of carbonyl (C=O) groups is 1. The monoisotopic (exact) mass is 233 g/mol. The number of aromatic nitrogens is 1. The maximum atomic E-state index is 11.9. The van der Waals surface area contributed by atoms with E-state index in [1.807, 2.05) is 0 Å². The molecule has 3 heterocycles. The third kappa shape index (κ3) is 1.98. The standard InChI is InChI=1S/C12H15N3O2/c13-7-3-4-14-10(5-7)12(16)15-9-6-8-1-2-11(9)17-8/h3-5,8-9,11H,1-2,6H2,(H2,13,14)(H,15,16). The zero-order chi connectivity index (χ0) is 11.8. The van der Waals surface area contributed by atoms with Crippen LogP contribution in [0.15, 0.2) is 18.3 Å². The second-order valence-corrected chi connectivity index (χ2v) is 4.66. The highest BCUT2D eigenvalue weighted by Crippen LogP contribution is 2.34. The highest BCUT2D eigenvalue weighted by molar-refractivity contribution is 5.93. The van der Waals surface area contributed by atoms with Gasteiger partial charge in [-0.15, -0.1) is 0 Å². The number of carbonyl (C=O) groups excluding carboxylic acids is 1. The molecule has 2 fully saturated rings. The Labute approximate surface area is 99.4 Å². The molecular weight excluding hydrogens is 218 g/mol. The van der Waals surface area contributed by atoms with Crippen LogP contribution >= 0.6 is 0 Å². The van der Waals surface area contributed by atoms with Crippen molar-refractivity contribution in [2.45, 2.75) is 37.5 Å². The van der Waals surface area contributed by atoms with Crippen molar-refractivity contribution in [2.75, 3.05) is 5.73 Å². The van der Waals surface area contributed by atoms with E-state index in [-0.39, 0.29) is 18.1 Å². The van der Waals surface area contributed by atoms with Gasteiger partial charge in [0, 0.05) is 11.9 Å². The van der Waals surface area contributed by atoms with E-state index in [0.717, 1.165) is 19.3 Å². The van der Waals surface area contributed by atoms with Crippen LogP contribution in [0.5, 0.6) is 0 Å². The number of anilines is 1. The molecule has 17 heavy (non-hydrogen) atoms.